The molecule has 0 aromatic heterocycles. The molecular formula is C13H21NO5. The lowest BCUT2D eigenvalue weighted by atomic mass is 9.79. The Hall–Kier alpha value is -1.43. The summed E-state index contributed by atoms with van der Waals surface area (Å²) < 4.78 is 9.79. The Labute approximate surface area is 112 Å². The van der Waals surface area contributed by atoms with Crippen LogP contribution in [0, 0.1) is 11.8 Å². The first-order valence-electron chi connectivity index (χ1n) is 6.57. The number of hydrogen-bond acceptors (Lipinski definition) is 6. The molecule has 19 heavy (non-hydrogen) atoms. The molecule has 0 aromatic rings. The standard InChI is InChI=1S/C13H21NO5/c1-5-18-12(16)9-7(3)14-8(4)10(11(9)15)13(17)19-6-2/h7-10,14H,5-6H2,1-4H3/t7-,8+,9+,10-. The van der Waals surface area contributed by atoms with Crippen molar-refractivity contribution in [1.29, 1.82) is 0 Å². The minimum absolute atomic E-state index is 0.203. The Morgan fingerprint density at radius 2 is 1.37 bits per heavy atom. The SMILES string of the molecule is CCOC(=O)[C@H]1C(=O)[C@@H](C(=O)OCC)[C@@H](C)N[C@H]1C. The molecule has 0 aromatic carbocycles. The van der Waals surface area contributed by atoms with Crippen LogP contribution >= 0.6 is 0 Å². The third kappa shape index (κ3) is 3.32. The summed E-state index contributed by atoms with van der Waals surface area (Å²) >= 11 is 0. The van der Waals surface area contributed by atoms with Crippen LogP contribution in [-0.4, -0.2) is 43.0 Å². The first kappa shape index (κ1) is 15.6. The van der Waals surface area contributed by atoms with Crippen molar-refractivity contribution in [3.05, 3.63) is 0 Å². The Morgan fingerprint density at radius 1 is 1.00 bits per heavy atom. The van der Waals surface area contributed by atoms with Crippen LogP contribution in [0.5, 0.6) is 0 Å². The van der Waals surface area contributed by atoms with Gasteiger partial charge in [-0.1, -0.05) is 0 Å². The molecule has 1 fully saturated rings. The van der Waals surface area contributed by atoms with E-state index < -0.39 is 29.6 Å². The van der Waals surface area contributed by atoms with Crippen LogP contribution in [0.3, 0.4) is 0 Å². The number of rotatable bonds is 4. The number of ketones is 1. The van der Waals surface area contributed by atoms with Crippen molar-refractivity contribution >= 4 is 17.7 Å². The van der Waals surface area contributed by atoms with E-state index in [1.807, 2.05) is 0 Å². The molecule has 1 aliphatic rings. The molecular weight excluding hydrogens is 250 g/mol. The largest absolute Gasteiger partial charge is 0.465 e. The molecule has 4 atom stereocenters. The van der Waals surface area contributed by atoms with E-state index in [2.05, 4.69) is 5.32 Å². The van der Waals surface area contributed by atoms with Crippen molar-refractivity contribution in [3.8, 4) is 0 Å². The summed E-state index contributed by atoms with van der Waals surface area (Å²) in [6.45, 7) is 7.22. The highest BCUT2D eigenvalue weighted by atomic mass is 16.5. The summed E-state index contributed by atoms with van der Waals surface area (Å²) in [5.41, 5.74) is 0. The molecule has 6 heteroatoms. The van der Waals surface area contributed by atoms with Crippen LogP contribution in [0.15, 0.2) is 0 Å². The fourth-order valence-corrected chi connectivity index (χ4v) is 2.40. The highest BCUT2D eigenvalue weighted by Gasteiger charge is 2.48. The minimum Gasteiger partial charge on any atom is -0.465 e. The summed E-state index contributed by atoms with van der Waals surface area (Å²) in [5, 5.41) is 3.07. The molecule has 0 aliphatic carbocycles. The third-order valence-corrected chi connectivity index (χ3v) is 3.22. The molecule has 0 bridgehead atoms. The molecule has 1 heterocycles. The molecule has 108 valence electrons. The second-order valence-corrected chi connectivity index (χ2v) is 4.61. The Bertz CT molecular complexity index is 336. The smallest absolute Gasteiger partial charge is 0.318 e. The fraction of sp³-hybridized carbons (Fsp3) is 0.769. The Kier molecular flexibility index (Phi) is 5.47. The summed E-state index contributed by atoms with van der Waals surface area (Å²) in [7, 11) is 0. The number of hydrogen-bond donors (Lipinski definition) is 1. The van der Waals surface area contributed by atoms with Crippen LogP contribution in [-0.2, 0) is 23.9 Å². The number of Topliss-reactive ketones (excluding diaryl/α,β-unsaturated/α-hetero) is 1. The summed E-state index contributed by atoms with van der Waals surface area (Å²) in [5.74, 6) is -3.51. The Morgan fingerprint density at radius 3 is 1.68 bits per heavy atom. The average molecular weight is 271 g/mol. The van der Waals surface area contributed by atoms with E-state index in [0.29, 0.717) is 0 Å². The molecule has 0 saturated carbocycles. The second kappa shape index (κ2) is 6.65. The van der Waals surface area contributed by atoms with E-state index in [-0.39, 0.29) is 25.3 Å². The normalized spacial score (nSPS) is 30.8. The van der Waals surface area contributed by atoms with Gasteiger partial charge in [-0.3, -0.25) is 14.4 Å². The van der Waals surface area contributed by atoms with Gasteiger partial charge in [0.15, 0.2) is 5.78 Å². The van der Waals surface area contributed by atoms with Crippen LogP contribution in [0.25, 0.3) is 0 Å². The number of carbonyl (C=O) groups is 3. The predicted octanol–water partition coefficient (Wildman–Crippen LogP) is 0.294. The van der Waals surface area contributed by atoms with E-state index in [1.54, 1.807) is 27.7 Å². The van der Waals surface area contributed by atoms with Gasteiger partial charge in [0, 0.05) is 12.1 Å². The molecule has 1 N–H and O–H groups in total. The predicted molar refractivity (Wildman–Crippen MR) is 67.3 cm³/mol. The van der Waals surface area contributed by atoms with E-state index in [9.17, 15) is 14.4 Å². The van der Waals surface area contributed by atoms with E-state index >= 15 is 0 Å². The van der Waals surface area contributed by atoms with E-state index in [1.165, 1.54) is 0 Å². The van der Waals surface area contributed by atoms with Crippen molar-refractivity contribution in [2.45, 2.75) is 39.8 Å². The summed E-state index contributed by atoms with van der Waals surface area (Å²) in [6, 6.07) is -0.709. The van der Waals surface area contributed by atoms with Gasteiger partial charge in [0.25, 0.3) is 0 Å². The Balaban J connectivity index is 2.92. The van der Waals surface area contributed by atoms with Crippen LogP contribution in [0.2, 0.25) is 0 Å². The maximum absolute atomic E-state index is 12.3. The van der Waals surface area contributed by atoms with Crippen LogP contribution in [0.4, 0.5) is 0 Å². The average Bonchev–Trinajstić information content (AvgIpc) is 2.28. The van der Waals surface area contributed by atoms with Gasteiger partial charge in [-0.15, -0.1) is 0 Å². The number of ether oxygens (including phenoxy) is 2. The van der Waals surface area contributed by atoms with E-state index in [0.717, 1.165) is 0 Å². The lowest BCUT2D eigenvalue weighted by molar-refractivity contribution is -0.161. The van der Waals surface area contributed by atoms with Gasteiger partial charge in [0.05, 0.1) is 13.2 Å². The van der Waals surface area contributed by atoms with Gasteiger partial charge in [0.2, 0.25) is 0 Å². The van der Waals surface area contributed by atoms with E-state index in [4.69, 9.17) is 9.47 Å². The zero-order chi connectivity index (χ0) is 14.6. The topological polar surface area (TPSA) is 81.7 Å². The summed E-state index contributed by atoms with van der Waals surface area (Å²) in [4.78, 5) is 36.0. The van der Waals surface area contributed by atoms with Crippen molar-refractivity contribution in [2.75, 3.05) is 13.2 Å². The number of piperidine rings is 1. The number of nitrogens with one attached hydrogen (secondary N) is 1. The maximum Gasteiger partial charge on any atom is 0.318 e. The van der Waals surface area contributed by atoms with Gasteiger partial charge >= 0.3 is 11.9 Å². The van der Waals surface area contributed by atoms with Gasteiger partial charge in [-0.2, -0.15) is 0 Å². The molecule has 0 unspecified atom stereocenters. The van der Waals surface area contributed by atoms with Gasteiger partial charge in [0.1, 0.15) is 11.8 Å². The highest BCUT2D eigenvalue weighted by molar-refractivity contribution is 6.10. The van der Waals surface area contributed by atoms with Gasteiger partial charge < -0.3 is 14.8 Å². The molecule has 6 nitrogen and oxygen atoms in total. The molecule has 1 aliphatic heterocycles. The molecule has 1 saturated heterocycles. The van der Waals surface area contributed by atoms with Crippen LogP contribution in [0.1, 0.15) is 27.7 Å². The maximum atomic E-state index is 12.3. The minimum atomic E-state index is -0.953. The molecule has 1 rings (SSSR count). The zero-order valence-corrected chi connectivity index (χ0v) is 11.8. The van der Waals surface area contributed by atoms with Crippen molar-refractivity contribution in [3.63, 3.8) is 0 Å². The van der Waals surface area contributed by atoms with Crippen molar-refractivity contribution < 1.29 is 23.9 Å². The number of esters is 2. The molecule has 0 radical (unpaired) electrons. The van der Waals surface area contributed by atoms with Gasteiger partial charge in [-0.05, 0) is 27.7 Å². The number of carbonyl (C=O) groups excluding carboxylic acids is 3. The lowest BCUT2D eigenvalue weighted by Crippen LogP contribution is -2.60. The lowest BCUT2D eigenvalue weighted by Gasteiger charge is -2.36. The first-order chi connectivity index (χ1) is 8.93. The van der Waals surface area contributed by atoms with Crippen LogP contribution < -0.4 is 5.32 Å². The molecule has 0 amide bonds. The van der Waals surface area contributed by atoms with Crippen molar-refractivity contribution in [1.82, 2.24) is 5.32 Å². The van der Waals surface area contributed by atoms with Gasteiger partial charge in [-0.25, -0.2) is 0 Å². The molecule has 0 spiro atoms. The second-order valence-electron chi connectivity index (χ2n) is 4.61. The third-order valence-electron chi connectivity index (χ3n) is 3.22. The summed E-state index contributed by atoms with van der Waals surface area (Å²) in [6.07, 6.45) is 0. The quantitative estimate of drug-likeness (QED) is 0.585. The first-order valence-corrected chi connectivity index (χ1v) is 6.57. The highest BCUT2D eigenvalue weighted by Crippen LogP contribution is 2.24. The fourth-order valence-electron chi connectivity index (χ4n) is 2.40. The van der Waals surface area contributed by atoms with Crippen molar-refractivity contribution in [2.24, 2.45) is 11.8 Å². The zero-order valence-electron chi connectivity index (χ0n) is 11.8. The monoisotopic (exact) mass is 271 g/mol.